The quantitative estimate of drug-likeness (QED) is 0.361. The molecule has 3 rings (SSSR count). The van der Waals surface area contributed by atoms with Gasteiger partial charge >= 0.3 is 11.7 Å². The Morgan fingerprint density at radius 3 is 2.50 bits per heavy atom. The number of halogens is 3. The number of alkyl halides is 2. The van der Waals surface area contributed by atoms with Crippen molar-refractivity contribution in [3.63, 3.8) is 0 Å². The summed E-state index contributed by atoms with van der Waals surface area (Å²) in [6, 6.07) is 4.41. The Kier molecular flexibility index (Phi) is 7.07. The van der Waals surface area contributed by atoms with Crippen molar-refractivity contribution in [2.45, 2.75) is 32.1 Å². The first-order valence-corrected chi connectivity index (χ1v) is 10.9. The maximum absolute atomic E-state index is 13.1. The van der Waals surface area contributed by atoms with E-state index in [1.807, 2.05) is 4.90 Å². The van der Waals surface area contributed by atoms with E-state index < -0.39 is 15.8 Å². The van der Waals surface area contributed by atoms with Gasteiger partial charge in [0.25, 0.3) is 21.6 Å². The molecular formula is C18H17F3N8O2S. The SMILES string of the molecule is [C-]#[N+]c1nc(N=Nc2ccc(N3CCCC3)cc2N=S(=O)(OF)C(F)F)n(CC)c1[N+]#[C-]. The van der Waals surface area contributed by atoms with Crippen molar-refractivity contribution >= 4 is 44.7 Å². The molecule has 10 nitrogen and oxygen atoms in total. The maximum Gasteiger partial charge on any atom is 0.416 e. The first-order chi connectivity index (χ1) is 15.4. The van der Waals surface area contributed by atoms with Crippen LogP contribution in [-0.2, 0) is 20.9 Å². The van der Waals surface area contributed by atoms with Crippen molar-refractivity contribution in [2.75, 3.05) is 18.0 Å². The molecule has 1 aliphatic rings. The Morgan fingerprint density at radius 1 is 1.22 bits per heavy atom. The number of imidazole rings is 1. The van der Waals surface area contributed by atoms with E-state index in [0.29, 0.717) is 5.69 Å². The summed E-state index contributed by atoms with van der Waals surface area (Å²) in [6.07, 6.45) is 1.89. The average molecular weight is 466 g/mol. The van der Waals surface area contributed by atoms with Crippen molar-refractivity contribution in [1.29, 1.82) is 0 Å². The van der Waals surface area contributed by atoms with Gasteiger partial charge in [-0.25, -0.2) is 8.78 Å². The van der Waals surface area contributed by atoms with Crippen LogP contribution in [-0.4, -0.2) is 32.6 Å². The molecule has 168 valence electrons. The predicted molar refractivity (Wildman–Crippen MR) is 111 cm³/mol. The van der Waals surface area contributed by atoms with Gasteiger partial charge in [0.2, 0.25) is 0 Å². The van der Waals surface area contributed by atoms with E-state index in [1.54, 1.807) is 13.0 Å². The van der Waals surface area contributed by atoms with E-state index in [4.69, 9.17) is 13.1 Å². The van der Waals surface area contributed by atoms with Gasteiger partial charge in [0.05, 0.1) is 6.54 Å². The van der Waals surface area contributed by atoms with E-state index in [0.717, 1.165) is 25.9 Å². The highest BCUT2D eigenvalue weighted by atomic mass is 32.2. The number of rotatable bonds is 7. The maximum atomic E-state index is 13.1. The molecule has 1 saturated heterocycles. The fourth-order valence-corrected chi connectivity index (χ4v) is 3.72. The van der Waals surface area contributed by atoms with Gasteiger partial charge in [0, 0.05) is 18.8 Å². The van der Waals surface area contributed by atoms with Gasteiger partial charge in [-0.2, -0.15) is 13.1 Å². The Bertz CT molecular complexity index is 1230. The topological polar surface area (TPSA) is 93.2 Å². The van der Waals surface area contributed by atoms with Crippen LogP contribution in [0.3, 0.4) is 0 Å². The van der Waals surface area contributed by atoms with Crippen LogP contribution in [0.5, 0.6) is 0 Å². The molecule has 0 N–H and O–H groups in total. The first-order valence-electron chi connectivity index (χ1n) is 9.37. The van der Waals surface area contributed by atoms with Crippen LogP contribution in [0.25, 0.3) is 9.69 Å². The summed E-state index contributed by atoms with van der Waals surface area (Å²) < 4.78 is 58.6. The van der Waals surface area contributed by atoms with Gasteiger partial charge in [-0.3, -0.25) is 0 Å². The van der Waals surface area contributed by atoms with Gasteiger partial charge in [-0.1, -0.05) is 27.6 Å². The Labute approximate surface area is 182 Å². The van der Waals surface area contributed by atoms with Crippen molar-refractivity contribution < 1.29 is 21.9 Å². The number of hydrogen-bond donors (Lipinski definition) is 0. The predicted octanol–water partition coefficient (Wildman–Crippen LogP) is 6.16. The standard InChI is InChI=1S/C18H17F3N8O2S/c1-4-29-16(23-3)15(22-2)24-18(29)26-25-13-8-7-12(28-9-5-6-10-28)11-14(13)27-32(30,31-21)17(19)20/h7-8,11,17H,4-6,9-10H2,1H3. The minimum Gasteiger partial charge on any atom is -0.373 e. The third kappa shape index (κ3) is 4.56. The molecule has 32 heavy (non-hydrogen) atoms. The molecule has 1 aromatic carbocycles. The summed E-state index contributed by atoms with van der Waals surface area (Å²) in [5, 5.41) is 7.84. The van der Waals surface area contributed by atoms with Crippen molar-refractivity contribution in [2.24, 2.45) is 14.6 Å². The molecule has 0 spiro atoms. The molecule has 1 unspecified atom stereocenters. The summed E-state index contributed by atoms with van der Waals surface area (Å²) >= 11 is 0. The van der Waals surface area contributed by atoms with Crippen LogP contribution >= 0.6 is 0 Å². The second-order valence-electron chi connectivity index (χ2n) is 6.52. The first kappa shape index (κ1) is 23.2. The van der Waals surface area contributed by atoms with E-state index in [9.17, 15) is 17.5 Å². The average Bonchev–Trinajstić information content (AvgIpc) is 3.45. The molecule has 2 heterocycles. The number of nitrogens with zero attached hydrogens (tertiary/aromatic N) is 8. The molecule has 0 radical (unpaired) electrons. The van der Waals surface area contributed by atoms with Gasteiger partial charge in [-0.05, 0) is 42.5 Å². The zero-order valence-electron chi connectivity index (χ0n) is 16.8. The zero-order chi connectivity index (χ0) is 23.3. The van der Waals surface area contributed by atoms with E-state index >= 15 is 0 Å². The van der Waals surface area contributed by atoms with E-state index in [-0.39, 0.29) is 35.5 Å². The van der Waals surface area contributed by atoms with Crippen LogP contribution in [0.1, 0.15) is 19.8 Å². The van der Waals surface area contributed by atoms with Crippen molar-refractivity contribution in [3.05, 3.63) is 41.0 Å². The number of aromatic nitrogens is 2. The van der Waals surface area contributed by atoms with E-state index in [2.05, 4.69) is 33.7 Å². The lowest BCUT2D eigenvalue weighted by atomic mass is 10.2. The van der Waals surface area contributed by atoms with Gasteiger partial charge in [-0.15, -0.1) is 5.11 Å². The minimum absolute atomic E-state index is 0.0164. The highest BCUT2D eigenvalue weighted by Crippen LogP contribution is 2.38. The van der Waals surface area contributed by atoms with Crippen LogP contribution in [0.4, 0.5) is 48.0 Å². The molecule has 0 amide bonds. The van der Waals surface area contributed by atoms with Gasteiger partial charge < -0.3 is 14.6 Å². The van der Waals surface area contributed by atoms with Crippen LogP contribution in [0.15, 0.2) is 32.8 Å². The monoisotopic (exact) mass is 466 g/mol. The molecule has 14 heteroatoms. The molecule has 0 aliphatic carbocycles. The highest BCUT2D eigenvalue weighted by molar-refractivity contribution is 7.89. The molecule has 1 aromatic heterocycles. The van der Waals surface area contributed by atoms with Gasteiger partial charge in [0.1, 0.15) is 11.4 Å². The lowest BCUT2D eigenvalue weighted by Gasteiger charge is -2.18. The zero-order valence-corrected chi connectivity index (χ0v) is 17.6. The van der Waals surface area contributed by atoms with E-state index in [1.165, 1.54) is 16.7 Å². The fraction of sp³-hybridized carbons (Fsp3) is 0.389. The summed E-state index contributed by atoms with van der Waals surface area (Å²) in [7, 11) is -4.96. The summed E-state index contributed by atoms with van der Waals surface area (Å²) in [5.74, 6) is -3.93. The second-order valence-corrected chi connectivity index (χ2v) is 8.22. The van der Waals surface area contributed by atoms with Crippen LogP contribution < -0.4 is 4.90 Å². The fourth-order valence-electron chi connectivity index (χ4n) is 3.13. The molecule has 1 aliphatic heterocycles. The molecule has 0 saturated carbocycles. The summed E-state index contributed by atoms with van der Waals surface area (Å²) in [5.41, 5.74) is 0.194. The third-order valence-electron chi connectivity index (χ3n) is 4.65. The lowest BCUT2D eigenvalue weighted by molar-refractivity contribution is -0.000950. The summed E-state index contributed by atoms with van der Waals surface area (Å²) in [4.78, 5) is 12.4. The third-order valence-corrected chi connectivity index (χ3v) is 5.73. The van der Waals surface area contributed by atoms with Crippen molar-refractivity contribution in [3.8, 4) is 0 Å². The van der Waals surface area contributed by atoms with Crippen molar-refractivity contribution in [1.82, 2.24) is 9.55 Å². The number of hydrogen-bond acceptors (Lipinski definition) is 7. The lowest BCUT2D eigenvalue weighted by Crippen LogP contribution is -2.17. The minimum atomic E-state index is -4.96. The largest absolute Gasteiger partial charge is 0.416 e. The Balaban J connectivity index is 2.11. The Morgan fingerprint density at radius 2 is 1.94 bits per heavy atom. The normalized spacial score (nSPS) is 15.7. The smallest absolute Gasteiger partial charge is 0.373 e. The molecule has 1 atom stereocenters. The number of azo groups is 1. The van der Waals surface area contributed by atoms with Crippen LogP contribution in [0.2, 0.25) is 0 Å². The molecular weight excluding hydrogens is 449 g/mol. The van der Waals surface area contributed by atoms with Crippen LogP contribution in [0, 0.1) is 13.1 Å². The molecule has 0 bridgehead atoms. The highest BCUT2D eigenvalue weighted by Gasteiger charge is 2.26. The number of anilines is 1. The number of benzene rings is 1. The molecule has 1 fully saturated rings. The summed E-state index contributed by atoms with van der Waals surface area (Å²) in [6.45, 7) is 17.8. The Hall–Kier alpha value is -3.49. The second kappa shape index (κ2) is 9.76. The molecule has 2 aromatic rings. The van der Waals surface area contributed by atoms with Gasteiger partial charge in [0.15, 0.2) is 0 Å².